The van der Waals surface area contributed by atoms with E-state index in [1.54, 1.807) is 31.3 Å². The van der Waals surface area contributed by atoms with Crippen molar-refractivity contribution in [3.8, 4) is 5.75 Å². The average Bonchev–Trinajstić information content (AvgIpc) is 2.81. The summed E-state index contributed by atoms with van der Waals surface area (Å²) >= 11 is 0. The summed E-state index contributed by atoms with van der Waals surface area (Å²) in [5.74, 6) is -1.15. The number of hydrogen-bond acceptors (Lipinski definition) is 6. The van der Waals surface area contributed by atoms with E-state index < -0.39 is 29.8 Å². The number of rotatable bonds is 8. The van der Waals surface area contributed by atoms with Crippen molar-refractivity contribution >= 4 is 23.6 Å². The summed E-state index contributed by atoms with van der Waals surface area (Å²) in [5.41, 5.74) is 0.255. The monoisotopic (exact) mass is 503 g/mol. The quantitative estimate of drug-likeness (QED) is 0.456. The van der Waals surface area contributed by atoms with E-state index in [4.69, 9.17) is 4.74 Å². The molecule has 0 spiro atoms. The summed E-state index contributed by atoms with van der Waals surface area (Å²) in [7, 11) is 5.62. The van der Waals surface area contributed by atoms with E-state index in [-0.39, 0.29) is 37.0 Å². The molecule has 1 aliphatic heterocycles. The van der Waals surface area contributed by atoms with E-state index in [2.05, 4.69) is 20.9 Å². The Morgan fingerprint density at radius 2 is 1.89 bits per heavy atom. The molecule has 4 amide bonds. The van der Waals surface area contributed by atoms with Gasteiger partial charge in [-0.15, -0.1) is 0 Å². The van der Waals surface area contributed by atoms with E-state index in [1.165, 1.54) is 4.90 Å². The van der Waals surface area contributed by atoms with Crippen LogP contribution in [0.5, 0.6) is 5.75 Å². The highest BCUT2D eigenvalue weighted by Crippen LogP contribution is 2.19. The average molecular weight is 504 g/mol. The number of para-hydroxylation sites is 1. The minimum atomic E-state index is -1.10. The molecule has 0 aromatic heterocycles. The van der Waals surface area contributed by atoms with Gasteiger partial charge in [-0.1, -0.05) is 26.0 Å². The molecule has 0 radical (unpaired) electrons. The van der Waals surface area contributed by atoms with E-state index in [9.17, 15) is 19.2 Å². The second kappa shape index (κ2) is 14.4. The van der Waals surface area contributed by atoms with Crippen LogP contribution >= 0.6 is 0 Å². The Labute approximate surface area is 214 Å². The Balaban J connectivity index is 2.25. The molecule has 10 heteroatoms. The molecule has 3 N–H and O–H groups in total. The summed E-state index contributed by atoms with van der Waals surface area (Å²) in [6, 6.07) is 4.87. The third-order valence-corrected chi connectivity index (χ3v) is 5.88. The molecule has 0 bridgehead atoms. The lowest BCUT2D eigenvalue weighted by Crippen LogP contribution is -2.53. The number of amides is 4. The topological polar surface area (TPSA) is 120 Å². The highest BCUT2D eigenvalue weighted by Gasteiger charge is 2.30. The number of unbranched alkanes of at least 4 members (excludes halogenated alkanes) is 1. The highest BCUT2D eigenvalue weighted by molar-refractivity contribution is 6.01. The van der Waals surface area contributed by atoms with Crippen LogP contribution in [-0.4, -0.2) is 92.9 Å². The largest absolute Gasteiger partial charge is 0.491 e. The normalized spacial score (nSPS) is 19.8. The number of fused-ring (bicyclic) bond motifs is 1. The molecule has 200 valence electrons. The number of carbonyl (C=O) groups is 4. The zero-order chi connectivity index (χ0) is 26.7. The van der Waals surface area contributed by atoms with E-state index in [0.717, 1.165) is 19.4 Å². The van der Waals surface area contributed by atoms with Gasteiger partial charge in [0.2, 0.25) is 17.7 Å². The molecule has 36 heavy (non-hydrogen) atoms. The molecule has 0 unspecified atom stereocenters. The molecule has 0 saturated heterocycles. The maximum absolute atomic E-state index is 13.1. The second-order valence-electron chi connectivity index (χ2n) is 9.89. The van der Waals surface area contributed by atoms with Gasteiger partial charge in [-0.05, 0) is 58.0 Å². The predicted octanol–water partition coefficient (Wildman–Crippen LogP) is 1.01. The summed E-state index contributed by atoms with van der Waals surface area (Å²) in [5, 5.41) is 8.31. The van der Waals surface area contributed by atoms with Crippen molar-refractivity contribution in [2.24, 2.45) is 5.92 Å². The molecule has 0 saturated carbocycles. The summed E-state index contributed by atoms with van der Waals surface area (Å²) in [6.45, 7) is 5.73. The maximum Gasteiger partial charge on any atom is 0.255 e. The van der Waals surface area contributed by atoms with Crippen LogP contribution in [0.3, 0.4) is 0 Å². The molecule has 1 aliphatic rings. The zero-order valence-corrected chi connectivity index (χ0v) is 22.1. The van der Waals surface area contributed by atoms with Crippen molar-refractivity contribution in [1.82, 2.24) is 25.8 Å². The number of nitrogens with one attached hydrogen (secondary N) is 3. The lowest BCUT2D eigenvalue weighted by molar-refractivity contribution is -0.136. The van der Waals surface area contributed by atoms with Crippen molar-refractivity contribution in [2.45, 2.75) is 51.6 Å². The third-order valence-electron chi connectivity index (χ3n) is 5.88. The van der Waals surface area contributed by atoms with Crippen molar-refractivity contribution in [3.63, 3.8) is 0 Å². The number of hydrogen-bond donors (Lipinski definition) is 3. The van der Waals surface area contributed by atoms with Gasteiger partial charge >= 0.3 is 0 Å². The van der Waals surface area contributed by atoms with E-state index >= 15 is 0 Å². The second-order valence-corrected chi connectivity index (χ2v) is 9.89. The van der Waals surface area contributed by atoms with Gasteiger partial charge < -0.3 is 30.5 Å². The van der Waals surface area contributed by atoms with Gasteiger partial charge in [-0.3, -0.25) is 19.2 Å². The first-order valence-electron chi connectivity index (χ1n) is 12.6. The summed E-state index contributed by atoms with van der Waals surface area (Å²) in [4.78, 5) is 55.7. The lowest BCUT2D eigenvalue weighted by atomic mass is 10.0. The minimum absolute atomic E-state index is 0.163. The fourth-order valence-corrected chi connectivity index (χ4v) is 3.91. The van der Waals surface area contributed by atoms with Crippen molar-refractivity contribution in [3.05, 3.63) is 29.8 Å². The van der Waals surface area contributed by atoms with E-state index in [0.29, 0.717) is 18.7 Å². The third kappa shape index (κ3) is 9.49. The number of benzene rings is 1. The van der Waals surface area contributed by atoms with Crippen LogP contribution in [0.1, 0.15) is 49.9 Å². The molecule has 2 rings (SSSR count). The first-order valence-corrected chi connectivity index (χ1v) is 12.6. The van der Waals surface area contributed by atoms with Gasteiger partial charge in [0.1, 0.15) is 24.4 Å². The zero-order valence-electron chi connectivity index (χ0n) is 22.1. The summed E-state index contributed by atoms with van der Waals surface area (Å²) < 4.78 is 5.82. The highest BCUT2D eigenvalue weighted by atomic mass is 16.5. The minimum Gasteiger partial charge on any atom is -0.491 e. The van der Waals surface area contributed by atoms with Crippen molar-refractivity contribution in [2.75, 3.05) is 47.4 Å². The molecular weight excluding hydrogens is 462 g/mol. The molecule has 0 fully saturated rings. The van der Waals surface area contributed by atoms with E-state index in [1.807, 2.05) is 27.9 Å². The van der Waals surface area contributed by atoms with Crippen LogP contribution < -0.4 is 20.7 Å². The summed E-state index contributed by atoms with van der Waals surface area (Å²) in [6.07, 6.45) is 1.84. The molecule has 1 aromatic carbocycles. The first kappa shape index (κ1) is 29.1. The number of carbonyl (C=O) groups excluding carboxylic acids is 4. The van der Waals surface area contributed by atoms with Gasteiger partial charge in [0.15, 0.2) is 0 Å². The van der Waals surface area contributed by atoms with Gasteiger partial charge in [-0.2, -0.15) is 0 Å². The van der Waals surface area contributed by atoms with Crippen LogP contribution in [0.2, 0.25) is 0 Å². The van der Waals surface area contributed by atoms with Gasteiger partial charge in [0.25, 0.3) is 5.91 Å². The maximum atomic E-state index is 13.1. The Morgan fingerprint density at radius 1 is 1.17 bits per heavy atom. The lowest BCUT2D eigenvalue weighted by Gasteiger charge is -2.27. The molecule has 1 heterocycles. The predicted molar refractivity (Wildman–Crippen MR) is 138 cm³/mol. The smallest absolute Gasteiger partial charge is 0.255 e. The van der Waals surface area contributed by atoms with Gasteiger partial charge in [0, 0.05) is 13.6 Å². The van der Waals surface area contributed by atoms with Crippen molar-refractivity contribution in [1.29, 1.82) is 0 Å². The van der Waals surface area contributed by atoms with Crippen LogP contribution in [0.25, 0.3) is 0 Å². The molecule has 0 aliphatic carbocycles. The molecule has 1 aromatic rings. The first-order chi connectivity index (χ1) is 17.1. The van der Waals surface area contributed by atoms with Gasteiger partial charge in [-0.25, -0.2) is 0 Å². The molecular formula is C26H41N5O5. The fraction of sp³-hybridized carbons (Fsp3) is 0.615. The van der Waals surface area contributed by atoms with Crippen LogP contribution in [0.15, 0.2) is 24.3 Å². The van der Waals surface area contributed by atoms with Crippen LogP contribution in [0.4, 0.5) is 0 Å². The number of ether oxygens (including phenoxy) is 1. The Bertz CT molecular complexity index is 904. The van der Waals surface area contributed by atoms with Crippen LogP contribution in [-0.2, 0) is 14.4 Å². The Hall–Kier alpha value is -3.14. The number of likely N-dealkylation sites (N-methyl/N-ethyl adjacent to an activating group) is 1. The van der Waals surface area contributed by atoms with Crippen LogP contribution in [0, 0.1) is 5.92 Å². The molecule has 10 nitrogen and oxygen atoms in total. The fourth-order valence-electron chi connectivity index (χ4n) is 3.91. The Morgan fingerprint density at radius 3 is 2.58 bits per heavy atom. The van der Waals surface area contributed by atoms with Crippen molar-refractivity contribution < 1.29 is 23.9 Å². The number of nitrogens with zero attached hydrogens (tertiary/aromatic N) is 2. The molecule has 2 atom stereocenters. The SMILES string of the molecule is CC(C)C[C@H]1NC(=O)C[C@@H](C(=O)NCCCCN(C)C)NC(=O)c2ccccc2OCCN(C)C1=O. The Kier molecular flexibility index (Phi) is 11.7. The van der Waals surface area contributed by atoms with Gasteiger partial charge in [0.05, 0.1) is 18.5 Å². The standard InChI is InChI=1S/C26H41N5O5/c1-18(2)16-21-26(35)31(5)14-15-36-22-11-7-6-10-19(22)24(33)29-20(17-23(32)28-21)25(34)27-12-8-9-13-30(3)4/h6-7,10-11,18,20-21H,8-9,12-17H2,1-5H3,(H,27,34)(H,28,32)(H,29,33)/t20-,21+/m0/s1.